The SMILES string of the molecule is O=c1[nH]c(=S)n(Cc2cc(F)c(F)c(F)c2)c2c1CCC2. The first-order chi connectivity index (χ1) is 9.97. The van der Waals surface area contributed by atoms with Crippen LogP contribution in [0.2, 0.25) is 0 Å². The van der Waals surface area contributed by atoms with Crippen molar-refractivity contribution < 1.29 is 13.2 Å². The van der Waals surface area contributed by atoms with E-state index in [0.717, 1.165) is 24.2 Å². The summed E-state index contributed by atoms with van der Waals surface area (Å²) in [6.45, 7) is 0.0894. The third kappa shape index (κ3) is 2.42. The molecule has 7 heteroatoms. The number of H-pyrrole nitrogens is 1. The molecular formula is C14H11F3N2OS. The fourth-order valence-corrected chi connectivity index (χ4v) is 2.95. The molecule has 0 fully saturated rings. The van der Waals surface area contributed by atoms with Gasteiger partial charge in [0.15, 0.2) is 22.2 Å². The minimum absolute atomic E-state index is 0.0894. The summed E-state index contributed by atoms with van der Waals surface area (Å²) in [7, 11) is 0. The van der Waals surface area contributed by atoms with Gasteiger partial charge in [0.05, 0.1) is 6.54 Å². The maximum absolute atomic E-state index is 13.3. The fraction of sp³-hybridized carbons (Fsp3) is 0.286. The molecule has 3 nitrogen and oxygen atoms in total. The summed E-state index contributed by atoms with van der Waals surface area (Å²) in [5.41, 5.74) is 1.49. The number of rotatable bonds is 2. The predicted molar refractivity (Wildman–Crippen MR) is 73.3 cm³/mol. The van der Waals surface area contributed by atoms with Crippen molar-refractivity contribution in [2.24, 2.45) is 0 Å². The predicted octanol–water partition coefficient (Wildman–Crippen LogP) is 2.86. The number of halogens is 3. The van der Waals surface area contributed by atoms with Crippen LogP contribution in [-0.4, -0.2) is 9.55 Å². The Labute approximate surface area is 123 Å². The molecule has 110 valence electrons. The molecule has 0 spiro atoms. The Morgan fingerprint density at radius 3 is 2.52 bits per heavy atom. The quantitative estimate of drug-likeness (QED) is 0.684. The van der Waals surface area contributed by atoms with Gasteiger partial charge in [-0.3, -0.25) is 9.78 Å². The molecule has 0 unspecified atom stereocenters. The molecule has 0 amide bonds. The zero-order chi connectivity index (χ0) is 15.1. The third-order valence-corrected chi connectivity index (χ3v) is 3.96. The molecule has 0 radical (unpaired) electrons. The highest BCUT2D eigenvalue weighted by Crippen LogP contribution is 2.20. The second-order valence-electron chi connectivity index (χ2n) is 5.00. The lowest BCUT2D eigenvalue weighted by Gasteiger charge is -2.13. The van der Waals surface area contributed by atoms with Crippen LogP contribution in [0, 0.1) is 22.2 Å². The molecule has 0 aliphatic heterocycles. The summed E-state index contributed by atoms with van der Waals surface area (Å²) in [6, 6.07) is 1.87. The molecule has 1 heterocycles. The smallest absolute Gasteiger partial charge is 0.255 e. The number of hydrogen-bond acceptors (Lipinski definition) is 2. The van der Waals surface area contributed by atoms with Gasteiger partial charge in [0.2, 0.25) is 0 Å². The highest BCUT2D eigenvalue weighted by molar-refractivity contribution is 7.71. The van der Waals surface area contributed by atoms with Crippen LogP contribution >= 0.6 is 12.2 Å². The van der Waals surface area contributed by atoms with Gasteiger partial charge in [0.25, 0.3) is 5.56 Å². The lowest BCUT2D eigenvalue weighted by molar-refractivity contribution is 0.444. The van der Waals surface area contributed by atoms with Crippen molar-refractivity contribution in [1.82, 2.24) is 9.55 Å². The number of nitrogens with zero attached hydrogens (tertiary/aromatic N) is 1. The molecule has 2 aromatic rings. The van der Waals surface area contributed by atoms with Gasteiger partial charge in [-0.05, 0) is 49.2 Å². The molecule has 1 aliphatic carbocycles. The topological polar surface area (TPSA) is 37.8 Å². The van der Waals surface area contributed by atoms with Gasteiger partial charge in [0.1, 0.15) is 0 Å². The largest absolute Gasteiger partial charge is 0.318 e. The summed E-state index contributed by atoms with van der Waals surface area (Å²) in [6.07, 6.45) is 2.19. The van der Waals surface area contributed by atoms with E-state index in [4.69, 9.17) is 12.2 Å². The first-order valence-corrected chi connectivity index (χ1v) is 6.86. The van der Waals surface area contributed by atoms with Crippen molar-refractivity contribution in [2.45, 2.75) is 25.8 Å². The summed E-state index contributed by atoms with van der Waals surface area (Å²) < 4.78 is 41.4. The number of aromatic amines is 1. The van der Waals surface area contributed by atoms with Crippen molar-refractivity contribution in [2.75, 3.05) is 0 Å². The third-order valence-electron chi connectivity index (χ3n) is 3.64. The van der Waals surface area contributed by atoms with E-state index >= 15 is 0 Å². The van der Waals surface area contributed by atoms with E-state index in [0.29, 0.717) is 18.4 Å². The van der Waals surface area contributed by atoms with Crippen LogP contribution in [0.5, 0.6) is 0 Å². The standard InChI is InChI=1S/C14H11F3N2OS/c15-9-4-7(5-10(16)12(9)17)6-19-11-3-1-2-8(11)13(20)18-14(19)21/h4-5H,1-3,6H2,(H,18,20,21). The monoisotopic (exact) mass is 312 g/mol. The van der Waals surface area contributed by atoms with Crippen LogP contribution in [0.15, 0.2) is 16.9 Å². The Morgan fingerprint density at radius 2 is 1.86 bits per heavy atom. The van der Waals surface area contributed by atoms with Crippen molar-refractivity contribution in [3.8, 4) is 0 Å². The lowest BCUT2D eigenvalue weighted by Crippen LogP contribution is -2.20. The zero-order valence-electron chi connectivity index (χ0n) is 10.9. The first kappa shape index (κ1) is 14.1. The summed E-state index contributed by atoms with van der Waals surface area (Å²) >= 11 is 5.12. The Balaban J connectivity index is 2.10. The minimum atomic E-state index is -1.49. The Morgan fingerprint density at radius 1 is 1.19 bits per heavy atom. The van der Waals surface area contributed by atoms with Gasteiger partial charge in [-0.2, -0.15) is 0 Å². The van der Waals surface area contributed by atoms with Gasteiger partial charge >= 0.3 is 0 Å². The maximum Gasteiger partial charge on any atom is 0.255 e. The summed E-state index contributed by atoms with van der Waals surface area (Å²) in [5, 5.41) is 0. The molecule has 0 saturated heterocycles. The maximum atomic E-state index is 13.3. The van der Waals surface area contributed by atoms with Crippen LogP contribution in [0.3, 0.4) is 0 Å². The van der Waals surface area contributed by atoms with Crippen LogP contribution in [0.1, 0.15) is 23.2 Å². The van der Waals surface area contributed by atoms with Gasteiger partial charge in [0, 0.05) is 11.3 Å². The van der Waals surface area contributed by atoms with Crippen molar-refractivity contribution in [3.63, 3.8) is 0 Å². The van der Waals surface area contributed by atoms with E-state index in [9.17, 15) is 18.0 Å². The number of fused-ring (bicyclic) bond motifs is 1. The van der Waals surface area contributed by atoms with Crippen LogP contribution in [0.4, 0.5) is 13.2 Å². The lowest BCUT2D eigenvalue weighted by atomic mass is 10.2. The zero-order valence-corrected chi connectivity index (χ0v) is 11.7. The van der Waals surface area contributed by atoms with E-state index in [1.165, 1.54) is 0 Å². The molecule has 0 atom stereocenters. The highest BCUT2D eigenvalue weighted by atomic mass is 32.1. The highest BCUT2D eigenvalue weighted by Gasteiger charge is 2.19. The second kappa shape index (κ2) is 5.14. The molecule has 0 bridgehead atoms. The van der Waals surface area contributed by atoms with E-state index < -0.39 is 17.5 Å². The molecular weight excluding hydrogens is 301 g/mol. The Kier molecular flexibility index (Phi) is 3.44. The first-order valence-electron chi connectivity index (χ1n) is 6.45. The molecule has 1 aromatic carbocycles. The van der Waals surface area contributed by atoms with E-state index in [2.05, 4.69) is 4.98 Å². The van der Waals surface area contributed by atoms with Crippen molar-refractivity contribution in [1.29, 1.82) is 0 Å². The van der Waals surface area contributed by atoms with Gasteiger partial charge in [-0.1, -0.05) is 0 Å². The molecule has 21 heavy (non-hydrogen) atoms. The van der Waals surface area contributed by atoms with Crippen molar-refractivity contribution >= 4 is 12.2 Å². The molecule has 3 rings (SSSR count). The van der Waals surface area contributed by atoms with Crippen LogP contribution in [-0.2, 0) is 19.4 Å². The summed E-state index contributed by atoms with van der Waals surface area (Å²) in [5.74, 6) is -3.97. The number of aromatic nitrogens is 2. The normalized spacial score (nSPS) is 13.5. The van der Waals surface area contributed by atoms with E-state index in [1.807, 2.05) is 0 Å². The van der Waals surface area contributed by atoms with E-state index in [-0.39, 0.29) is 22.4 Å². The van der Waals surface area contributed by atoms with Gasteiger partial charge < -0.3 is 4.57 Å². The van der Waals surface area contributed by atoms with Crippen LogP contribution < -0.4 is 5.56 Å². The number of nitrogens with one attached hydrogen (secondary N) is 1. The van der Waals surface area contributed by atoms with Crippen LogP contribution in [0.25, 0.3) is 0 Å². The average Bonchev–Trinajstić information content (AvgIpc) is 2.90. The average molecular weight is 312 g/mol. The van der Waals surface area contributed by atoms with Gasteiger partial charge in [-0.25, -0.2) is 13.2 Å². The number of hydrogen-bond donors (Lipinski definition) is 1. The van der Waals surface area contributed by atoms with Crippen molar-refractivity contribution in [3.05, 3.63) is 61.5 Å². The molecule has 1 aromatic heterocycles. The second-order valence-corrected chi connectivity index (χ2v) is 5.38. The summed E-state index contributed by atoms with van der Waals surface area (Å²) in [4.78, 5) is 14.3. The van der Waals surface area contributed by atoms with Gasteiger partial charge in [-0.15, -0.1) is 0 Å². The molecule has 1 aliphatic rings. The number of benzene rings is 1. The van der Waals surface area contributed by atoms with E-state index in [1.54, 1.807) is 4.57 Å². The minimum Gasteiger partial charge on any atom is -0.318 e. The Hall–Kier alpha value is -1.89. The molecule has 1 N–H and O–H groups in total. The fourth-order valence-electron chi connectivity index (χ4n) is 2.68. The Bertz CT molecular complexity index is 818. The molecule has 0 saturated carbocycles.